The van der Waals surface area contributed by atoms with Crippen LogP contribution >= 0.6 is 0 Å². The number of aromatic hydroxyl groups is 1. The molecule has 4 nitrogen and oxygen atoms in total. The molecule has 0 aliphatic carbocycles. The largest absolute Gasteiger partial charge is 0.506 e. The van der Waals surface area contributed by atoms with Gasteiger partial charge in [-0.3, -0.25) is 15.4 Å². The van der Waals surface area contributed by atoms with Gasteiger partial charge in [0, 0.05) is 0 Å². The molecule has 1 aromatic heterocycles. The topological polar surface area (TPSA) is 72.9 Å². The number of rotatable bonds is 1. The Morgan fingerprint density at radius 1 is 1.50 bits per heavy atom. The number of hydrogen-bond acceptors (Lipinski definition) is 3. The van der Waals surface area contributed by atoms with Crippen molar-refractivity contribution < 1.29 is 5.11 Å². The Labute approximate surface area is 57.4 Å². The molecule has 1 heterocycles. The van der Waals surface area contributed by atoms with Gasteiger partial charge in [0.25, 0.3) is 0 Å². The van der Waals surface area contributed by atoms with Crippen molar-refractivity contribution >= 4 is 6.34 Å². The number of nitrogens with zero attached hydrogens (tertiary/aromatic N) is 1. The van der Waals surface area contributed by atoms with E-state index in [4.69, 9.17) is 15.9 Å². The molecule has 1 rings (SSSR count). The Balaban J connectivity index is 3.35. The van der Waals surface area contributed by atoms with E-state index in [2.05, 4.69) is 0 Å². The molecular weight excluding hydrogens is 130 g/mol. The first kappa shape index (κ1) is 6.54. The summed E-state index contributed by atoms with van der Waals surface area (Å²) in [6.07, 6.45) is 2.26. The quantitative estimate of drug-likeness (QED) is 0.373. The first-order valence-corrected chi connectivity index (χ1v) is 2.70. The average molecular weight is 137 g/mol. The second-order valence-corrected chi connectivity index (χ2v) is 1.81. The average Bonchev–Trinajstić information content (AvgIpc) is 1.94. The van der Waals surface area contributed by atoms with Crippen LogP contribution in [0.2, 0.25) is 0 Å². The first-order chi connectivity index (χ1) is 4.74. The number of aromatic nitrogens is 1. The summed E-state index contributed by atoms with van der Waals surface area (Å²) in [5, 5.41) is 22.8. The predicted molar refractivity (Wildman–Crippen MR) is 36.1 cm³/mol. The maximum atomic E-state index is 8.86. The van der Waals surface area contributed by atoms with Crippen LogP contribution in [-0.4, -0.2) is 16.0 Å². The molecule has 0 fully saturated rings. The monoisotopic (exact) mass is 137 g/mol. The Morgan fingerprint density at radius 3 is 2.70 bits per heavy atom. The SMILES string of the molecule is N=Cn1cc(O)ccc1=N. The molecule has 0 aliphatic rings. The van der Waals surface area contributed by atoms with Crippen molar-refractivity contribution in [3.63, 3.8) is 0 Å². The standard InChI is InChI=1S/C6H7N3O/c7-4-9-3-5(10)1-2-6(9)8/h1-4,7-8,10H. The third-order valence-electron chi connectivity index (χ3n) is 1.10. The van der Waals surface area contributed by atoms with Crippen molar-refractivity contribution in [2.45, 2.75) is 0 Å². The maximum Gasteiger partial charge on any atom is 0.132 e. The normalized spacial score (nSPS) is 9.20. The van der Waals surface area contributed by atoms with Gasteiger partial charge in [-0.1, -0.05) is 0 Å². The third kappa shape index (κ3) is 1.05. The van der Waals surface area contributed by atoms with E-state index in [1.807, 2.05) is 0 Å². The van der Waals surface area contributed by atoms with E-state index >= 15 is 0 Å². The molecule has 0 radical (unpaired) electrons. The zero-order valence-corrected chi connectivity index (χ0v) is 5.20. The molecule has 10 heavy (non-hydrogen) atoms. The van der Waals surface area contributed by atoms with Gasteiger partial charge in [0.15, 0.2) is 0 Å². The van der Waals surface area contributed by atoms with E-state index in [9.17, 15) is 0 Å². The summed E-state index contributed by atoms with van der Waals surface area (Å²) in [6.45, 7) is 0. The summed E-state index contributed by atoms with van der Waals surface area (Å²) < 4.78 is 1.20. The van der Waals surface area contributed by atoms with E-state index in [1.54, 1.807) is 0 Å². The molecule has 0 saturated carbocycles. The van der Waals surface area contributed by atoms with E-state index in [0.29, 0.717) is 0 Å². The van der Waals surface area contributed by atoms with Crippen LogP contribution in [0.5, 0.6) is 5.75 Å². The molecule has 0 saturated heterocycles. The van der Waals surface area contributed by atoms with Gasteiger partial charge in [-0.2, -0.15) is 0 Å². The van der Waals surface area contributed by atoms with Crippen LogP contribution in [0.1, 0.15) is 0 Å². The van der Waals surface area contributed by atoms with Gasteiger partial charge in [0.2, 0.25) is 0 Å². The summed E-state index contributed by atoms with van der Waals surface area (Å²) >= 11 is 0. The van der Waals surface area contributed by atoms with Crippen molar-refractivity contribution in [1.29, 1.82) is 10.8 Å². The number of nitrogens with one attached hydrogen (secondary N) is 2. The second-order valence-electron chi connectivity index (χ2n) is 1.81. The Hall–Kier alpha value is -1.58. The number of pyridine rings is 1. The Bertz CT molecular complexity index is 302. The first-order valence-electron chi connectivity index (χ1n) is 2.70. The zero-order valence-electron chi connectivity index (χ0n) is 5.20. The lowest BCUT2D eigenvalue weighted by atomic mass is 10.4. The summed E-state index contributed by atoms with van der Waals surface area (Å²) in [5.41, 5.74) is 0.174. The van der Waals surface area contributed by atoms with Crippen LogP contribution in [0.25, 0.3) is 0 Å². The second kappa shape index (κ2) is 2.34. The summed E-state index contributed by atoms with van der Waals surface area (Å²) in [6, 6.07) is 2.82. The molecule has 0 unspecified atom stereocenters. The van der Waals surface area contributed by atoms with Gasteiger partial charge in [-0.05, 0) is 12.1 Å². The highest BCUT2D eigenvalue weighted by molar-refractivity contribution is 5.54. The predicted octanol–water partition coefficient (Wildman–Crippen LogP) is 0.128. The Morgan fingerprint density at radius 2 is 2.20 bits per heavy atom. The van der Waals surface area contributed by atoms with E-state index in [0.717, 1.165) is 6.34 Å². The molecule has 1 aromatic rings. The van der Waals surface area contributed by atoms with E-state index < -0.39 is 0 Å². The minimum Gasteiger partial charge on any atom is -0.506 e. The highest BCUT2D eigenvalue weighted by atomic mass is 16.3. The molecule has 0 spiro atoms. The lowest BCUT2D eigenvalue weighted by Gasteiger charge is -1.96. The van der Waals surface area contributed by atoms with Crippen LogP contribution in [0.15, 0.2) is 18.3 Å². The molecular formula is C6H7N3O. The molecule has 0 atom stereocenters. The lowest BCUT2D eigenvalue weighted by molar-refractivity contribution is 0.470. The van der Waals surface area contributed by atoms with Gasteiger partial charge >= 0.3 is 0 Å². The van der Waals surface area contributed by atoms with Gasteiger partial charge < -0.3 is 5.11 Å². The molecule has 4 heteroatoms. The molecule has 0 aromatic carbocycles. The fraction of sp³-hybridized carbons (Fsp3) is 0. The lowest BCUT2D eigenvalue weighted by Crippen LogP contribution is -2.16. The molecule has 0 bridgehead atoms. The maximum absolute atomic E-state index is 8.86. The van der Waals surface area contributed by atoms with Crippen LogP contribution < -0.4 is 5.49 Å². The van der Waals surface area contributed by atoms with Gasteiger partial charge in [0.05, 0.1) is 12.5 Å². The summed E-state index contributed by atoms with van der Waals surface area (Å²) in [4.78, 5) is 0. The minimum absolute atomic E-state index is 0.0551. The summed E-state index contributed by atoms with van der Waals surface area (Å²) in [7, 11) is 0. The third-order valence-corrected chi connectivity index (χ3v) is 1.10. The van der Waals surface area contributed by atoms with Crippen molar-refractivity contribution in [2.75, 3.05) is 0 Å². The molecule has 3 N–H and O–H groups in total. The highest BCUT2D eigenvalue weighted by Crippen LogP contribution is 2.00. The van der Waals surface area contributed by atoms with Crippen molar-refractivity contribution in [2.24, 2.45) is 0 Å². The van der Waals surface area contributed by atoms with Crippen molar-refractivity contribution in [3.8, 4) is 5.75 Å². The van der Waals surface area contributed by atoms with Gasteiger partial charge in [-0.15, -0.1) is 0 Å². The number of hydrogen-bond donors (Lipinski definition) is 3. The smallest absolute Gasteiger partial charge is 0.132 e. The van der Waals surface area contributed by atoms with Crippen LogP contribution in [-0.2, 0) is 0 Å². The Kier molecular flexibility index (Phi) is 1.53. The summed E-state index contributed by atoms with van der Waals surface area (Å²) in [5.74, 6) is 0.0551. The van der Waals surface area contributed by atoms with Crippen LogP contribution in [0.4, 0.5) is 0 Å². The van der Waals surface area contributed by atoms with Crippen molar-refractivity contribution in [3.05, 3.63) is 23.8 Å². The van der Waals surface area contributed by atoms with E-state index in [-0.39, 0.29) is 11.2 Å². The van der Waals surface area contributed by atoms with Crippen LogP contribution in [0.3, 0.4) is 0 Å². The zero-order chi connectivity index (χ0) is 7.56. The molecule has 52 valence electrons. The fourth-order valence-electron chi connectivity index (χ4n) is 0.612. The van der Waals surface area contributed by atoms with Crippen molar-refractivity contribution in [1.82, 2.24) is 4.57 Å². The fourth-order valence-corrected chi connectivity index (χ4v) is 0.612. The van der Waals surface area contributed by atoms with E-state index in [1.165, 1.54) is 22.9 Å². The van der Waals surface area contributed by atoms with Crippen LogP contribution in [0, 0.1) is 10.8 Å². The highest BCUT2D eigenvalue weighted by Gasteiger charge is 1.88. The molecule has 0 aliphatic heterocycles. The van der Waals surface area contributed by atoms with Gasteiger partial charge in [0.1, 0.15) is 11.2 Å². The molecule has 0 amide bonds. The minimum atomic E-state index is 0.0551. The van der Waals surface area contributed by atoms with Gasteiger partial charge in [-0.25, -0.2) is 0 Å².